The van der Waals surface area contributed by atoms with Gasteiger partial charge in [-0.3, -0.25) is 0 Å². The summed E-state index contributed by atoms with van der Waals surface area (Å²) in [6.45, 7) is 0. The lowest BCUT2D eigenvalue weighted by molar-refractivity contribution is -0.390. The van der Waals surface area contributed by atoms with Crippen molar-refractivity contribution >= 4 is 15.8 Å². The zero-order chi connectivity index (χ0) is 15.7. The number of primary sulfonamides is 1. The summed E-state index contributed by atoms with van der Waals surface area (Å²) in [5, 5.41) is 15.2. The molecule has 0 atom stereocenters. The first-order chi connectivity index (χ1) is 8.95. The van der Waals surface area contributed by atoms with E-state index >= 15 is 0 Å². The molecule has 112 valence electrons. The van der Waals surface area contributed by atoms with Gasteiger partial charge in [0.15, 0.2) is 0 Å². The average Bonchev–Trinajstić information content (AvgIpc) is 2.25. The fraction of sp³-hybridized carbons (Fsp3) is 0.286. The monoisotopic (exact) mass is 317 g/mol. The summed E-state index contributed by atoms with van der Waals surface area (Å²) in [6.07, 6.45) is -5.27. The lowest BCUT2D eigenvalue weighted by atomic mass is 10.4. The largest absolute Gasteiger partial charge is 0.573 e. The van der Waals surface area contributed by atoms with Crippen molar-refractivity contribution < 1.29 is 36.0 Å². The summed E-state index contributed by atoms with van der Waals surface area (Å²) < 4.78 is 66.8. The van der Waals surface area contributed by atoms with Gasteiger partial charge >= 0.3 is 18.1 Å². The zero-order valence-electron chi connectivity index (χ0n) is 9.54. The van der Waals surface area contributed by atoms with Gasteiger partial charge in [0.1, 0.15) is 4.90 Å². The average molecular weight is 317 g/mol. The second kappa shape index (κ2) is 5.09. The number of nitro groups is 1. The van der Waals surface area contributed by atoms with E-state index < -0.39 is 43.7 Å². The van der Waals surface area contributed by atoms with Crippen LogP contribution in [-0.4, -0.2) is 31.8 Å². The first-order valence-electron chi connectivity index (χ1n) is 4.47. The molecule has 0 fully saturated rings. The van der Waals surface area contributed by atoms with Gasteiger partial charge in [0.25, 0.3) is 0 Å². The molecule has 1 aromatic rings. The smallest absolute Gasteiger partial charge is 0.460 e. The predicted octanol–water partition coefficient (Wildman–Crippen LogP) is 0.544. The van der Waals surface area contributed by atoms with Crippen molar-refractivity contribution in [3.05, 3.63) is 16.2 Å². The summed E-state index contributed by atoms with van der Waals surface area (Å²) in [5.74, 6) is -3.49. The topological polar surface area (TPSA) is 135 Å². The van der Waals surface area contributed by atoms with Crippen LogP contribution in [0.4, 0.5) is 19.0 Å². The number of alkyl halides is 3. The Morgan fingerprint density at radius 3 is 2.35 bits per heavy atom. The molecule has 0 radical (unpaired) electrons. The van der Waals surface area contributed by atoms with E-state index in [0.29, 0.717) is 0 Å². The molecule has 1 heterocycles. The number of nitrogens with two attached hydrogens (primary N) is 1. The maximum atomic E-state index is 12.2. The van der Waals surface area contributed by atoms with Gasteiger partial charge in [-0.2, -0.15) is 0 Å². The molecule has 0 amide bonds. The molecule has 0 spiro atoms. The Balaban J connectivity index is 3.66. The first-order valence-corrected chi connectivity index (χ1v) is 6.02. The standard InChI is InChI=1S/C7H6F3N3O6S/c1-18-6-5(19-7(8,9)10)3(20(11,16)17)2-4(12-6)13(14)15/h2H,1H3,(H2,11,16,17). The Morgan fingerprint density at radius 1 is 1.45 bits per heavy atom. The Bertz CT molecular complexity index is 644. The third-order valence-electron chi connectivity index (χ3n) is 1.80. The minimum Gasteiger partial charge on any atom is -0.460 e. The maximum Gasteiger partial charge on any atom is 0.573 e. The van der Waals surface area contributed by atoms with Crippen LogP contribution in [-0.2, 0) is 10.0 Å². The number of hydrogen-bond acceptors (Lipinski definition) is 7. The van der Waals surface area contributed by atoms with Crippen molar-refractivity contribution in [2.45, 2.75) is 11.3 Å². The van der Waals surface area contributed by atoms with E-state index in [1.165, 1.54) is 0 Å². The van der Waals surface area contributed by atoms with Crippen LogP contribution in [0.15, 0.2) is 11.0 Å². The number of aromatic nitrogens is 1. The molecule has 0 aliphatic heterocycles. The van der Waals surface area contributed by atoms with Crippen LogP contribution in [0.3, 0.4) is 0 Å². The van der Waals surface area contributed by atoms with Gasteiger partial charge in [0.2, 0.25) is 15.8 Å². The van der Waals surface area contributed by atoms with E-state index in [1.54, 1.807) is 0 Å². The number of ether oxygens (including phenoxy) is 2. The van der Waals surface area contributed by atoms with Gasteiger partial charge in [-0.15, -0.1) is 13.2 Å². The Labute approximate surface area is 109 Å². The molecule has 0 saturated heterocycles. The fourth-order valence-electron chi connectivity index (χ4n) is 1.13. The molecule has 1 rings (SSSR count). The molecule has 13 heteroatoms. The van der Waals surface area contributed by atoms with Crippen LogP contribution in [0.1, 0.15) is 0 Å². The highest BCUT2D eigenvalue weighted by molar-refractivity contribution is 7.89. The van der Waals surface area contributed by atoms with E-state index in [9.17, 15) is 31.7 Å². The molecular weight excluding hydrogens is 311 g/mol. The van der Waals surface area contributed by atoms with Gasteiger partial charge in [0.05, 0.1) is 13.2 Å². The van der Waals surface area contributed by atoms with Crippen molar-refractivity contribution in [1.29, 1.82) is 0 Å². The Kier molecular flexibility index (Phi) is 4.04. The van der Waals surface area contributed by atoms with E-state index in [0.717, 1.165) is 7.11 Å². The molecule has 0 unspecified atom stereocenters. The molecule has 9 nitrogen and oxygen atoms in total. The lowest BCUT2D eigenvalue weighted by Crippen LogP contribution is -2.22. The third kappa shape index (κ3) is 3.67. The van der Waals surface area contributed by atoms with Crippen molar-refractivity contribution in [3.63, 3.8) is 0 Å². The van der Waals surface area contributed by atoms with E-state index in [-0.39, 0.29) is 6.07 Å². The van der Waals surface area contributed by atoms with Crippen molar-refractivity contribution in [2.75, 3.05) is 7.11 Å². The first kappa shape index (κ1) is 15.9. The number of sulfonamides is 1. The van der Waals surface area contributed by atoms with Crippen LogP contribution >= 0.6 is 0 Å². The quantitative estimate of drug-likeness (QED) is 0.632. The summed E-state index contributed by atoms with van der Waals surface area (Å²) in [6, 6.07) is 0.235. The van der Waals surface area contributed by atoms with Crippen LogP contribution in [0.2, 0.25) is 0 Å². The molecule has 0 bridgehead atoms. The lowest BCUT2D eigenvalue weighted by Gasteiger charge is -2.12. The molecule has 20 heavy (non-hydrogen) atoms. The highest BCUT2D eigenvalue weighted by Crippen LogP contribution is 2.38. The van der Waals surface area contributed by atoms with Gasteiger partial charge < -0.3 is 19.6 Å². The second-order valence-electron chi connectivity index (χ2n) is 3.17. The highest BCUT2D eigenvalue weighted by Gasteiger charge is 2.38. The zero-order valence-corrected chi connectivity index (χ0v) is 10.4. The Morgan fingerprint density at radius 2 is 2.00 bits per heavy atom. The minimum absolute atomic E-state index is 0.235. The predicted molar refractivity (Wildman–Crippen MR) is 55.5 cm³/mol. The summed E-state index contributed by atoms with van der Waals surface area (Å²) in [5.41, 5.74) is 0. The van der Waals surface area contributed by atoms with Crippen molar-refractivity contribution in [1.82, 2.24) is 4.98 Å². The second-order valence-corrected chi connectivity index (χ2v) is 4.70. The fourth-order valence-corrected chi connectivity index (χ4v) is 1.79. The van der Waals surface area contributed by atoms with Gasteiger partial charge in [-0.25, -0.2) is 13.6 Å². The number of nitrogens with zero attached hydrogens (tertiary/aromatic N) is 2. The SMILES string of the molecule is COc1nc([N+](=O)[O-])cc(S(N)(=O)=O)c1OC(F)(F)F. The molecule has 2 N–H and O–H groups in total. The Hall–Kier alpha value is -2.15. The summed E-state index contributed by atoms with van der Waals surface area (Å²) >= 11 is 0. The molecule has 0 saturated carbocycles. The molecule has 0 aliphatic carbocycles. The van der Waals surface area contributed by atoms with Crippen molar-refractivity contribution in [2.24, 2.45) is 5.14 Å². The van der Waals surface area contributed by atoms with Gasteiger partial charge in [-0.05, 0) is 4.92 Å². The summed E-state index contributed by atoms with van der Waals surface area (Å²) in [4.78, 5) is 11.2. The van der Waals surface area contributed by atoms with Crippen LogP contribution in [0, 0.1) is 10.1 Å². The normalized spacial score (nSPS) is 12.1. The minimum atomic E-state index is -5.27. The number of halogens is 3. The molecule has 0 aromatic carbocycles. The summed E-state index contributed by atoms with van der Waals surface area (Å²) in [7, 11) is -3.92. The van der Waals surface area contributed by atoms with E-state index in [1.807, 2.05) is 0 Å². The van der Waals surface area contributed by atoms with E-state index in [4.69, 9.17) is 0 Å². The van der Waals surface area contributed by atoms with Crippen LogP contribution in [0.25, 0.3) is 0 Å². The van der Waals surface area contributed by atoms with Crippen LogP contribution < -0.4 is 14.6 Å². The maximum absolute atomic E-state index is 12.2. The third-order valence-corrected chi connectivity index (χ3v) is 2.72. The van der Waals surface area contributed by atoms with Gasteiger partial charge in [-0.1, -0.05) is 0 Å². The number of methoxy groups -OCH3 is 1. The number of rotatable bonds is 4. The number of pyridine rings is 1. The molecule has 0 aliphatic rings. The molecule has 1 aromatic heterocycles. The van der Waals surface area contributed by atoms with Gasteiger partial charge in [0, 0.05) is 4.98 Å². The van der Waals surface area contributed by atoms with E-state index in [2.05, 4.69) is 19.6 Å². The highest BCUT2D eigenvalue weighted by atomic mass is 32.2. The van der Waals surface area contributed by atoms with Crippen molar-refractivity contribution in [3.8, 4) is 11.6 Å². The van der Waals surface area contributed by atoms with Crippen LogP contribution in [0.5, 0.6) is 11.6 Å². The molecular formula is C7H6F3N3O6S. The number of hydrogen-bond donors (Lipinski definition) is 1.